The topological polar surface area (TPSA) is 109 Å². The summed E-state index contributed by atoms with van der Waals surface area (Å²) in [5, 5.41) is 12.9. The van der Waals surface area contributed by atoms with E-state index in [1.807, 2.05) is 0 Å². The molecule has 0 radical (unpaired) electrons. The quantitative estimate of drug-likeness (QED) is 0.312. The van der Waals surface area contributed by atoms with Gasteiger partial charge in [-0.15, -0.1) is 0 Å². The van der Waals surface area contributed by atoms with Crippen LogP contribution in [0.4, 0.5) is 26.3 Å². The summed E-state index contributed by atoms with van der Waals surface area (Å²) in [5.41, 5.74) is 8.01. The van der Waals surface area contributed by atoms with Crippen molar-refractivity contribution in [1.29, 1.82) is 5.26 Å². The molecule has 194 valence electrons. The van der Waals surface area contributed by atoms with Gasteiger partial charge in [-0.25, -0.2) is 9.50 Å². The van der Waals surface area contributed by atoms with Crippen molar-refractivity contribution in [3.8, 4) is 17.3 Å². The molecule has 13 heteroatoms. The van der Waals surface area contributed by atoms with Crippen LogP contribution in [0.25, 0.3) is 22.5 Å². The van der Waals surface area contributed by atoms with Crippen molar-refractivity contribution in [2.24, 2.45) is 10.7 Å². The van der Waals surface area contributed by atoms with E-state index in [-0.39, 0.29) is 12.0 Å². The number of hydrogen-bond acceptors (Lipinski definition) is 6. The fourth-order valence-electron chi connectivity index (χ4n) is 3.39. The first kappa shape index (κ1) is 27.4. The lowest BCUT2D eigenvalue weighted by molar-refractivity contribution is -0.145. The number of fused-ring (bicyclic) bond motifs is 1. The average molecular weight is 522 g/mol. The molecule has 0 fully saturated rings. The molecule has 0 spiro atoms. The van der Waals surface area contributed by atoms with Crippen molar-refractivity contribution in [2.75, 3.05) is 0 Å². The fraction of sp³-hybridized carbons (Fsp3) is 0.292. The first-order valence-corrected chi connectivity index (χ1v) is 10.8. The number of carbonyl (C=O) groups is 1. The first-order valence-electron chi connectivity index (χ1n) is 10.8. The predicted octanol–water partition coefficient (Wildman–Crippen LogP) is 5.07. The molecule has 0 amide bonds. The Hall–Kier alpha value is -4.21. The number of benzene rings is 1. The molecule has 2 heterocycles. The second kappa shape index (κ2) is 11.2. The molecule has 2 N–H and O–H groups in total. The molecule has 0 aliphatic heterocycles. The van der Waals surface area contributed by atoms with E-state index < -0.39 is 43.4 Å². The standard InChI is InChI=1S/C24H20F6N6O/c25-23(26,27)6-4-19(37)9-15-2-1-3-16(8-15)20-14-34-22-10-17(13-35-36(20)22)18(11-32)12-33-21(5-7-31)24(28,29)30/h1-3,8,10-14,21H,4-6,9,32H2. The fourth-order valence-corrected chi connectivity index (χ4v) is 3.39. The van der Waals surface area contributed by atoms with E-state index in [9.17, 15) is 31.1 Å². The number of nitriles is 1. The monoisotopic (exact) mass is 522 g/mol. The second-order valence-electron chi connectivity index (χ2n) is 8.01. The number of nitrogens with two attached hydrogens (primary N) is 1. The number of aromatic nitrogens is 3. The lowest BCUT2D eigenvalue weighted by atomic mass is 10.0. The molecule has 0 aliphatic carbocycles. The van der Waals surface area contributed by atoms with Crippen LogP contribution in [0.2, 0.25) is 0 Å². The molecular weight excluding hydrogens is 502 g/mol. The zero-order valence-electron chi connectivity index (χ0n) is 19.1. The van der Waals surface area contributed by atoms with Crippen molar-refractivity contribution in [1.82, 2.24) is 14.6 Å². The molecule has 0 saturated heterocycles. The van der Waals surface area contributed by atoms with E-state index in [1.54, 1.807) is 24.3 Å². The van der Waals surface area contributed by atoms with Gasteiger partial charge < -0.3 is 5.73 Å². The van der Waals surface area contributed by atoms with Crippen LogP contribution in [0, 0.1) is 11.3 Å². The van der Waals surface area contributed by atoms with Gasteiger partial charge >= 0.3 is 12.4 Å². The maximum absolute atomic E-state index is 13.0. The number of halogens is 6. The summed E-state index contributed by atoms with van der Waals surface area (Å²) in [5.74, 6) is -0.541. The molecule has 2 aromatic heterocycles. The van der Waals surface area contributed by atoms with Gasteiger partial charge in [0.05, 0.1) is 37.0 Å². The summed E-state index contributed by atoms with van der Waals surface area (Å²) in [6.07, 6.45) is -7.06. The third-order valence-corrected chi connectivity index (χ3v) is 5.24. The van der Waals surface area contributed by atoms with Crippen LogP contribution in [0.1, 0.15) is 30.4 Å². The molecule has 3 aromatic rings. The van der Waals surface area contributed by atoms with Crippen LogP contribution in [-0.4, -0.2) is 45.0 Å². The number of rotatable bonds is 9. The summed E-state index contributed by atoms with van der Waals surface area (Å²) in [6.45, 7) is 0. The van der Waals surface area contributed by atoms with E-state index in [4.69, 9.17) is 11.0 Å². The number of carbonyl (C=O) groups excluding carboxylic acids is 1. The van der Waals surface area contributed by atoms with Crippen LogP contribution < -0.4 is 5.73 Å². The number of ketones is 1. The Bertz CT molecular complexity index is 1370. The molecule has 0 saturated carbocycles. The van der Waals surface area contributed by atoms with Crippen molar-refractivity contribution in [2.45, 2.75) is 44.1 Å². The molecule has 1 unspecified atom stereocenters. The SMILES string of the molecule is N#CCC(N=CC(=CN)c1cnn2c(-c3cccc(CC(=O)CCC(F)(F)F)c3)cnc2c1)C(F)(F)F. The van der Waals surface area contributed by atoms with Crippen LogP contribution in [-0.2, 0) is 11.2 Å². The number of aliphatic imine (C=N–C) groups is 1. The Balaban J connectivity index is 1.82. The lowest BCUT2D eigenvalue weighted by Crippen LogP contribution is -2.26. The highest BCUT2D eigenvalue weighted by atomic mass is 19.4. The third kappa shape index (κ3) is 7.39. The maximum atomic E-state index is 13.0. The number of alkyl halides is 6. The molecule has 1 atom stereocenters. The molecule has 3 rings (SSSR count). The Morgan fingerprint density at radius 3 is 2.59 bits per heavy atom. The minimum atomic E-state index is -4.69. The van der Waals surface area contributed by atoms with Gasteiger partial charge in [0.25, 0.3) is 0 Å². The third-order valence-electron chi connectivity index (χ3n) is 5.24. The van der Waals surface area contributed by atoms with Gasteiger partial charge in [0.15, 0.2) is 11.7 Å². The number of allylic oxidation sites excluding steroid dienone is 1. The minimum absolute atomic E-state index is 0.131. The van der Waals surface area contributed by atoms with E-state index in [0.29, 0.717) is 28.0 Å². The predicted molar refractivity (Wildman–Crippen MR) is 123 cm³/mol. The van der Waals surface area contributed by atoms with Crippen molar-refractivity contribution < 1.29 is 31.1 Å². The molecule has 37 heavy (non-hydrogen) atoms. The van der Waals surface area contributed by atoms with Crippen LogP contribution in [0.3, 0.4) is 0 Å². The van der Waals surface area contributed by atoms with Crippen LogP contribution >= 0.6 is 0 Å². The molecular formula is C24H20F6N6O. The zero-order valence-corrected chi connectivity index (χ0v) is 19.1. The normalized spacial score (nSPS) is 13.7. The van der Waals surface area contributed by atoms with Gasteiger partial charge in [-0.3, -0.25) is 9.79 Å². The largest absolute Gasteiger partial charge is 0.411 e. The van der Waals surface area contributed by atoms with E-state index >= 15 is 0 Å². The highest BCUT2D eigenvalue weighted by Gasteiger charge is 2.39. The lowest BCUT2D eigenvalue weighted by Gasteiger charge is -2.13. The van der Waals surface area contributed by atoms with Crippen molar-refractivity contribution >= 4 is 23.2 Å². The highest BCUT2D eigenvalue weighted by molar-refractivity contribution is 6.09. The number of hydrogen-bond donors (Lipinski definition) is 1. The summed E-state index contributed by atoms with van der Waals surface area (Å²) in [7, 11) is 0. The van der Waals surface area contributed by atoms with Crippen molar-refractivity contribution in [3.05, 3.63) is 60.1 Å². The molecule has 1 aromatic carbocycles. The van der Waals surface area contributed by atoms with E-state index in [2.05, 4.69) is 15.1 Å². The maximum Gasteiger partial charge on any atom is 0.411 e. The minimum Gasteiger partial charge on any atom is -0.404 e. The Kier molecular flexibility index (Phi) is 8.31. The molecule has 0 aliphatic rings. The van der Waals surface area contributed by atoms with E-state index in [1.165, 1.54) is 29.0 Å². The number of nitrogens with zero attached hydrogens (tertiary/aromatic N) is 5. The van der Waals surface area contributed by atoms with Crippen LogP contribution in [0.15, 0.2) is 53.9 Å². The number of Topliss-reactive ketones (excluding diaryl/α,β-unsaturated/α-hetero) is 1. The van der Waals surface area contributed by atoms with Crippen molar-refractivity contribution in [3.63, 3.8) is 0 Å². The zero-order chi connectivity index (χ0) is 27.2. The Morgan fingerprint density at radius 2 is 1.95 bits per heavy atom. The summed E-state index contributed by atoms with van der Waals surface area (Å²) in [6, 6.07) is 7.42. The second-order valence-corrected chi connectivity index (χ2v) is 8.01. The molecule has 7 nitrogen and oxygen atoms in total. The van der Waals surface area contributed by atoms with Gasteiger partial charge in [0, 0.05) is 42.0 Å². The highest BCUT2D eigenvalue weighted by Crippen LogP contribution is 2.27. The number of imidazole rings is 1. The first-order chi connectivity index (χ1) is 17.4. The summed E-state index contributed by atoms with van der Waals surface area (Å²) in [4.78, 5) is 19.7. The van der Waals surface area contributed by atoms with E-state index in [0.717, 1.165) is 12.4 Å². The smallest absolute Gasteiger partial charge is 0.404 e. The molecule has 0 bridgehead atoms. The van der Waals surface area contributed by atoms with Gasteiger partial charge in [-0.2, -0.15) is 36.7 Å². The summed E-state index contributed by atoms with van der Waals surface area (Å²) >= 11 is 0. The Labute approximate surface area is 206 Å². The Morgan fingerprint density at radius 1 is 1.19 bits per heavy atom. The average Bonchev–Trinajstić information content (AvgIpc) is 3.25. The van der Waals surface area contributed by atoms with Gasteiger partial charge in [-0.05, 0) is 17.7 Å². The summed E-state index contributed by atoms with van der Waals surface area (Å²) < 4.78 is 77.6. The van der Waals surface area contributed by atoms with Crippen LogP contribution in [0.5, 0.6) is 0 Å². The van der Waals surface area contributed by atoms with Gasteiger partial charge in [0.1, 0.15) is 5.78 Å². The van der Waals surface area contributed by atoms with Gasteiger partial charge in [-0.1, -0.05) is 18.2 Å². The van der Waals surface area contributed by atoms with Gasteiger partial charge in [0.2, 0.25) is 0 Å².